The number of piperidine rings is 1. The number of hydrogen-bond acceptors (Lipinski definition) is 4. The molecule has 6 nitrogen and oxygen atoms in total. The fourth-order valence-electron chi connectivity index (χ4n) is 3.67. The topological polar surface area (TPSA) is 65.7 Å². The fraction of sp³-hybridized carbons (Fsp3) is 0.524. The summed E-state index contributed by atoms with van der Waals surface area (Å²) in [6.07, 6.45) is 3.07. The van der Waals surface area contributed by atoms with Gasteiger partial charge in [-0.15, -0.1) is 24.0 Å². The highest BCUT2D eigenvalue weighted by molar-refractivity contribution is 14.0. The summed E-state index contributed by atoms with van der Waals surface area (Å²) in [6, 6.07) is 8.39. The van der Waals surface area contributed by atoms with Crippen molar-refractivity contribution in [2.24, 2.45) is 4.99 Å². The van der Waals surface area contributed by atoms with Crippen LogP contribution in [0.5, 0.6) is 0 Å². The molecule has 160 valence electrons. The van der Waals surface area contributed by atoms with Gasteiger partial charge < -0.3 is 20.1 Å². The maximum Gasteiger partial charge on any atom is 0.191 e. The molecule has 1 aromatic carbocycles. The summed E-state index contributed by atoms with van der Waals surface area (Å²) in [5.41, 5.74) is 3.21. The first-order valence-corrected chi connectivity index (χ1v) is 10.4. The van der Waals surface area contributed by atoms with Gasteiger partial charge in [0, 0.05) is 37.8 Å². The van der Waals surface area contributed by atoms with Gasteiger partial charge in [0.05, 0.1) is 16.4 Å². The van der Waals surface area contributed by atoms with Crippen LogP contribution in [0.2, 0.25) is 5.02 Å². The van der Waals surface area contributed by atoms with Crippen LogP contribution in [-0.4, -0.2) is 43.3 Å². The summed E-state index contributed by atoms with van der Waals surface area (Å²) in [7, 11) is 0. The minimum atomic E-state index is 0. The lowest BCUT2D eigenvalue weighted by Crippen LogP contribution is -2.51. The van der Waals surface area contributed by atoms with Crippen molar-refractivity contribution >= 4 is 47.2 Å². The third kappa shape index (κ3) is 6.50. The zero-order valence-electron chi connectivity index (χ0n) is 17.4. The molecular formula is C21H31ClIN5O. The zero-order valence-corrected chi connectivity index (χ0v) is 20.5. The number of aryl methyl sites for hydroxylation is 2. The molecule has 0 amide bonds. The van der Waals surface area contributed by atoms with Crippen LogP contribution in [-0.2, 0) is 6.42 Å². The van der Waals surface area contributed by atoms with Gasteiger partial charge in [0.2, 0.25) is 0 Å². The summed E-state index contributed by atoms with van der Waals surface area (Å²) in [5.74, 6) is 1.74. The van der Waals surface area contributed by atoms with Gasteiger partial charge >= 0.3 is 0 Å². The quantitative estimate of drug-likeness (QED) is 0.330. The minimum absolute atomic E-state index is 0. The summed E-state index contributed by atoms with van der Waals surface area (Å²) < 4.78 is 5.24. The number of guanidine groups is 1. The zero-order chi connectivity index (χ0) is 19.9. The number of nitrogens with one attached hydrogen (secondary N) is 2. The van der Waals surface area contributed by atoms with E-state index in [-0.39, 0.29) is 24.0 Å². The maximum absolute atomic E-state index is 6.39. The molecule has 29 heavy (non-hydrogen) atoms. The molecule has 3 rings (SSSR count). The first-order valence-electron chi connectivity index (χ1n) is 10.0. The summed E-state index contributed by atoms with van der Waals surface area (Å²) in [4.78, 5) is 7.12. The Labute approximate surface area is 195 Å². The molecule has 0 saturated carbocycles. The minimum Gasteiger partial charge on any atom is -0.368 e. The van der Waals surface area contributed by atoms with Crippen LogP contribution in [0, 0.1) is 13.8 Å². The average molecular weight is 532 g/mol. The Balaban J connectivity index is 0.00000300. The molecule has 0 bridgehead atoms. The summed E-state index contributed by atoms with van der Waals surface area (Å²) in [6.45, 7) is 9.48. The molecular weight excluding hydrogens is 501 g/mol. The van der Waals surface area contributed by atoms with Gasteiger partial charge in [-0.25, -0.2) is 0 Å². The number of hydrogen-bond donors (Lipinski definition) is 2. The highest BCUT2D eigenvalue weighted by Crippen LogP contribution is 2.27. The van der Waals surface area contributed by atoms with Gasteiger partial charge in [-0.1, -0.05) is 28.9 Å². The van der Waals surface area contributed by atoms with Crippen molar-refractivity contribution in [3.63, 3.8) is 0 Å². The van der Waals surface area contributed by atoms with E-state index >= 15 is 0 Å². The number of benzene rings is 1. The van der Waals surface area contributed by atoms with E-state index in [9.17, 15) is 0 Å². The van der Waals surface area contributed by atoms with E-state index in [1.807, 2.05) is 32.0 Å². The van der Waals surface area contributed by atoms with E-state index < -0.39 is 0 Å². The second kappa shape index (κ2) is 11.6. The van der Waals surface area contributed by atoms with Crippen molar-refractivity contribution in [3.05, 3.63) is 46.3 Å². The monoisotopic (exact) mass is 531 g/mol. The lowest BCUT2D eigenvalue weighted by Gasteiger charge is -2.35. The Morgan fingerprint density at radius 1 is 1.34 bits per heavy atom. The smallest absolute Gasteiger partial charge is 0.191 e. The highest BCUT2D eigenvalue weighted by Gasteiger charge is 2.22. The number of nitrogens with zero attached hydrogens (tertiary/aromatic N) is 3. The molecule has 2 aromatic rings. The van der Waals surface area contributed by atoms with Crippen LogP contribution in [0.15, 0.2) is 33.8 Å². The molecule has 0 radical (unpaired) electrons. The third-order valence-electron chi connectivity index (χ3n) is 5.11. The maximum atomic E-state index is 6.39. The van der Waals surface area contributed by atoms with Crippen molar-refractivity contribution < 1.29 is 4.52 Å². The number of anilines is 1. The number of para-hydroxylation sites is 1. The Morgan fingerprint density at radius 2 is 2.14 bits per heavy atom. The van der Waals surface area contributed by atoms with Crippen LogP contribution in [0.25, 0.3) is 0 Å². The van der Waals surface area contributed by atoms with Gasteiger partial charge in [-0.2, -0.15) is 0 Å². The molecule has 1 aliphatic rings. The molecule has 1 saturated heterocycles. The second-order valence-electron chi connectivity index (χ2n) is 7.19. The molecule has 1 atom stereocenters. The standard InChI is InChI=1S/C21H30ClN5O.HI/c1-4-23-21(24-12-11-18-15(2)26-28-16(18)3)25-17-8-7-13-27(14-17)20-10-6-5-9-19(20)22;/h5-6,9-10,17H,4,7-8,11-14H2,1-3H3,(H2,23,24,25);1H. The fourth-order valence-corrected chi connectivity index (χ4v) is 3.93. The first-order chi connectivity index (χ1) is 13.6. The highest BCUT2D eigenvalue weighted by atomic mass is 127. The Morgan fingerprint density at radius 3 is 2.83 bits per heavy atom. The number of rotatable bonds is 6. The van der Waals surface area contributed by atoms with E-state index in [2.05, 4.69) is 33.7 Å². The second-order valence-corrected chi connectivity index (χ2v) is 7.60. The summed E-state index contributed by atoms with van der Waals surface area (Å²) in [5, 5.41) is 11.8. The number of halogens is 2. The van der Waals surface area contributed by atoms with Crippen molar-refractivity contribution in [1.29, 1.82) is 0 Å². The molecule has 1 unspecified atom stereocenters. The number of aliphatic imine (C=N–C) groups is 1. The van der Waals surface area contributed by atoms with Crippen LogP contribution in [0.1, 0.15) is 36.8 Å². The predicted octanol–water partition coefficient (Wildman–Crippen LogP) is 4.33. The molecule has 2 N–H and O–H groups in total. The van der Waals surface area contributed by atoms with Crippen LogP contribution in [0.4, 0.5) is 5.69 Å². The van der Waals surface area contributed by atoms with E-state index in [1.54, 1.807) is 0 Å². The lowest BCUT2D eigenvalue weighted by atomic mass is 10.0. The largest absolute Gasteiger partial charge is 0.368 e. The first kappa shape index (κ1) is 23.8. The lowest BCUT2D eigenvalue weighted by molar-refractivity contribution is 0.392. The van der Waals surface area contributed by atoms with Crippen molar-refractivity contribution in [3.8, 4) is 0 Å². The Kier molecular flexibility index (Phi) is 9.55. The van der Waals surface area contributed by atoms with Gasteiger partial charge in [0.25, 0.3) is 0 Å². The average Bonchev–Trinajstić information content (AvgIpc) is 3.01. The van der Waals surface area contributed by atoms with E-state index in [1.165, 1.54) is 0 Å². The molecule has 0 spiro atoms. The van der Waals surface area contributed by atoms with Crippen LogP contribution in [0.3, 0.4) is 0 Å². The predicted molar refractivity (Wildman–Crippen MR) is 131 cm³/mol. The van der Waals surface area contributed by atoms with Gasteiger partial charge in [0.1, 0.15) is 5.76 Å². The number of aromatic nitrogens is 1. The van der Waals surface area contributed by atoms with Gasteiger partial charge in [-0.05, 0) is 52.2 Å². The van der Waals surface area contributed by atoms with E-state index in [4.69, 9.17) is 21.1 Å². The van der Waals surface area contributed by atoms with Crippen LogP contribution >= 0.6 is 35.6 Å². The molecule has 1 aliphatic heterocycles. The molecule has 8 heteroatoms. The molecule has 1 aromatic heterocycles. The van der Waals surface area contributed by atoms with Gasteiger partial charge in [-0.3, -0.25) is 4.99 Å². The summed E-state index contributed by atoms with van der Waals surface area (Å²) >= 11 is 6.39. The Hall–Kier alpha value is -1.48. The van der Waals surface area contributed by atoms with E-state index in [0.29, 0.717) is 12.6 Å². The molecule has 2 heterocycles. The Bertz CT molecular complexity index is 791. The van der Waals surface area contributed by atoms with E-state index in [0.717, 1.165) is 72.6 Å². The van der Waals surface area contributed by atoms with Crippen molar-refractivity contribution in [2.45, 2.75) is 46.1 Å². The normalized spacial score (nSPS) is 17.0. The van der Waals surface area contributed by atoms with Gasteiger partial charge in [0.15, 0.2) is 5.96 Å². The molecule has 1 fully saturated rings. The third-order valence-corrected chi connectivity index (χ3v) is 5.43. The van der Waals surface area contributed by atoms with Crippen LogP contribution < -0.4 is 15.5 Å². The molecule has 0 aliphatic carbocycles. The SMILES string of the molecule is CCNC(=NCCc1c(C)noc1C)NC1CCCN(c2ccccc2Cl)C1.I. The van der Waals surface area contributed by atoms with Crippen molar-refractivity contribution in [2.75, 3.05) is 31.1 Å². The van der Waals surface area contributed by atoms with Crippen molar-refractivity contribution in [1.82, 2.24) is 15.8 Å².